The van der Waals surface area contributed by atoms with Gasteiger partial charge in [0.2, 0.25) is 0 Å². The van der Waals surface area contributed by atoms with Gasteiger partial charge in [0.1, 0.15) is 0 Å². The highest BCUT2D eigenvalue weighted by molar-refractivity contribution is 7.07. The zero-order valence-corrected chi connectivity index (χ0v) is 12.8. The standard InChI is InChI=1S/C15H22N4S/c1-16-14(15-10-20-11-17-15)9-12-7-8-19(18-12)13-5-3-2-4-6-13/h7-8,10-11,13-14,16H,2-6,9H2,1H3. The molecule has 3 rings (SSSR count). The van der Waals surface area contributed by atoms with Crippen LogP contribution in [0, 0.1) is 0 Å². The Morgan fingerprint density at radius 1 is 1.40 bits per heavy atom. The molecular formula is C15H22N4S. The Kier molecular flexibility index (Phi) is 4.47. The predicted octanol–water partition coefficient (Wildman–Crippen LogP) is 3.35. The normalized spacial score (nSPS) is 18.2. The second kappa shape index (κ2) is 6.50. The summed E-state index contributed by atoms with van der Waals surface area (Å²) in [7, 11) is 1.99. The lowest BCUT2D eigenvalue weighted by Crippen LogP contribution is -2.20. The highest BCUT2D eigenvalue weighted by Gasteiger charge is 2.18. The Morgan fingerprint density at radius 3 is 2.95 bits per heavy atom. The van der Waals surface area contributed by atoms with Crippen molar-refractivity contribution >= 4 is 11.3 Å². The molecule has 2 aromatic rings. The zero-order valence-electron chi connectivity index (χ0n) is 12.0. The number of hydrogen-bond donors (Lipinski definition) is 1. The Labute approximate surface area is 124 Å². The summed E-state index contributed by atoms with van der Waals surface area (Å²) in [6.45, 7) is 0. The molecule has 2 heterocycles. The summed E-state index contributed by atoms with van der Waals surface area (Å²) in [4.78, 5) is 4.40. The van der Waals surface area contributed by atoms with Gasteiger partial charge in [-0.3, -0.25) is 4.68 Å². The fourth-order valence-corrected chi connectivity index (χ4v) is 3.60. The van der Waals surface area contributed by atoms with Gasteiger partial charge in [-0.2, -0.15) is 5.10 Å². The summed E-state index contributed by atoms with van der Waals surface area (Å²) in [5, 5.41) is 10.2. The molecule has 1 fully saturated rings. The highest BCUT2D eigenvalue weighted by atomic mass is 32.1. The minimum Gasteiger partial charge on any atom is -0.311 e. The molecule has 1 atom stereocenters. The van der Waals surface area contributed by atoms with Crippen LogP contribution in [-0.2, 0) is 6.42 Å². The molecule has 5 heteroatoms. The maximum absolute atomic E-state index is 4.78. The van der Waals surface area contributed by atoms with Crippen LogP contribution in [0.4, 0.5) is 0 Å². The fraction of sp³-hybridized carbons (Fsp3) is 0.600. The number of likely N-dealkylation sites (N-methyl/N-ethyl adjacent to an activating group) is 1. The summed E-state index contributed by atoms with van der Waals surface area (Å²) in [6.07, 6.45) is 9.69. The number of aromatic nitrogens is 3. The van der Waals surface area contributed by atoms with Crippen LogP contribution in [0.25, 0.3) is 0 Å². The first-order chi connectivity index (χ1) is 9.86. The monoisotopic (exact) mass is 290 g/mol. The van der Waals surface area contributed by atoms with E-state index < -0.39 is 0 Å². The molecule has 0 saturated heterocycles. The topological polar surface area (TPSA) is 42.7 Å². The van der Waals surface area contributed by atoms with Crippen LogP contribution >= 0.6 is 11.3 Å². The third kappa shape index (κ3) is 3.10. The summed E-state index contributed by atoms with van der Waals surface area (Å²) in [6, 6.07) is 3.03. The molecule has 0 aromatic carbocycles. The van der Waals surface area contributed by atoms with Crippen molar-refractivity contribution in [3.63, 3.8) is 0 Å². The first kappa shape index (κ1) is 13.8. The van der Waals surface area contributed by atoms with Gasteiger partial charge in [-0.15, -0.1) is 11.3 Å². The van der Waals surface area contributed by atoms with Gasteiger partial charge in [0.25, 0.3) is 0 Å². The Hall–Kier alpha value is -1.20. The summed E-state index contributed by atoms with van der Waals surface area (Å²) < 4.78 is 2.18. The van der Waals surface area contributed by atoms with Gasteiger partial charge in [0.05, 0.1) is 29.0 Å². The molecule has 1 aliphatic rings. The van der Waals surface area contributed by atoms with E-state index in [0.29, 0.717) is 6.04 Å². The van der Waals surface area contributed by atoms with Gasteiger partial charge in [-0.1, -0.05) is 19.3 Å². The molecule has 4 nitrogen and oxygen atoms in total. The number of hydrogen-bond acceptors (Lipinski definition) is 4. The van der Waals surface area contributed by atoms with Crippen LogP contribution in [0.3, 0.4) is 0 Å². The lowest BCUT2D eigenvalue weighted by Gasteiger charge is -2.21. The average Bonchev–Trinajstić information content (AvgIpc) is 3.17. The van der Waals surface area contributed by atoms with E-state index in [4.69, 9.17) is 5.10 Å². The SMILES string of the molecule is CNC(Cc1ccn(C2CCCCC2)n1)c1cscn1. The number of nitrogens with one attached hydrogen (secondary N) is 1. The van der Waals surface area contributed by atoms with Crippen LogP contribution in [0.2, 0.25) is 0 Å². The molecule has 1 aliphatic carbocycles. The summed E-state index contributed by atoms with van der Waals surface area (Å²) >= 11 is 1.65. The average molecular weight is 290 g/mol. The van der Waals surface area contributed by atoms with Crippen LogP contribution in [0.1, 0.15) is 55.6 Å². The Balaban J connectivity index is 1.67. The second-order valence-electron chi connectivity index (χ2n) is 5.54. The molecule has 0 bridgehead atoms. The second-order valence-corrected chi connectivity index (χ2v) is 6.26. The minimum atomic E-state index is 0.260. The van der Waals surface area contributed by atoms with Crippen LogP contribution in [0.15, 0.2) is 23.2 Å². The van der Waals surface area contributed by atoms with Crippen molar-refractivity contribution in [3.8, 4) is 0 Å². The Bertz CT molecular complexity index is 514. The van der Waals surface area contributed by atoms with Crippen molar-refractivity contribution < 1.29 is 0 Å². The zero-order chi connectivity index (χ0) is 13.8. The Morgan fingerprint density at radius 2 is 2.25 bits per heavy atom. The first-order valence-electron chi connectivity index (χ1n) is 7.46. The van der Waals surface area contributed by atoms with Crippen molar-refractivity contribution in [2.45, 2.75) is 50.6 Å². The molecule has 108 valence electrons. The molecule has 2 aromatic heterocycles. The lowest BCUT2D eigenvalue weighted by atomic mass is 9.96. The van der Waals surface area contributed by atoms with Gasteiger partial charge < -0.3 is 5.32 Å². The van der Waals surface area contributed by atoms with E-state index >= 15 is 0 Å². The molecule has 20 heavy (non-hydrogen) atoms. The van der Waals surface area contributed by atoms with Gasteiger partial charge in [0, 0.05) is 18.0 Å². The minimum absolute atomic E-state index is 0.260. The molecule has 0 amide bonds. The lowest BCUT2D eigenvalue weighted by molar-refractivity contribution is 0.327. The van der Waals surface area contributed by atoms with E-state index in [1.807, 2.05) is 12.6 Å². The van der Waals surface area contributed by atoms with E-state index in [9.17, 15) is 0 Å². The van der Waals surface area contributed by atoms with E-state index in [2.05, 4.69) is 32.6 Å². The van der Waals surface area contributed by atoms with Gasteiger partial charge in [-0.05, 0) is 26.0 Å². The van der Waals surface area contributed by atoms with E-state index in [1.165, 1.54) is 32.1 Å². The van der Waals surface area contributed by atoms with Crippen molar-refractivity contribution in [1.29, 1.82) is 0 Å². The molecule has 0 aliphatic heterocycles. The van der Waals surface area contributed by atoms with Crippen molar-refractivity contribution in [2.75, 3.05) is 7.05 Å². The molecular weight excluding hydrogens is 268 g/mol. The number of thiazole rings is 1. The third-order valence-corrected chi connectivity index (χ3v) is 4.79. The van der Waals surface area contributed by atoms with Crippen LogP contribution < -0.4 is 5.32 Å². The molecule has 0 spiro atoms. The van der Waals surface area contributed by atoms with Crippen molar-refractivity contribution in [3.05, 3.63) is 34.5 Å². The summed E-state index contributed by atoms with van der Waals surface area (Å²) in [5.74, 6) is 0. The first-order valence-corrected chi connectivity index (χ1v) is 8.40. The molecule has 1 unspecified atom stereocenters. The predicted molar refractivity (Wildman–Crippen MR) is 82.0 cm³/mol. The smallest absolute Gasteiger partial charge is 0.0795 e. The largest absolute Gasteiger partial charge is 0.311 e. The summed E-state index contributed by atoms with van der Waals surface area (Å²) in [5.41, 5.74) is 4.16. The van der Waals surface area contributed by atoms with Gasteiger partial charge in [-0.25, -0.2) is 4.98 Å². The van der Waals surface area contributed by atoms with Crippen LogP contribution in [0.5, 0.6) is 0 Å². The number of nitrogens with zero attached hydrogens (tertiary/aromatic N) is 3. The molecule has 1 saturated carbocycles. The van der Waals surface area contributed by atoms with E-state index in [1.54, 1.807) is 11.3 Å². The van der Waals surface area contributed by atoms with Gasteiger partial charge >= 0.3 is 0 Å². The highest BCUT2D eigenvalue weighted by Crippen LogP contribution is 2.27. The fourth-order valence-electron chi connectivity index (χ4n) is 2.99. The number of rotatable bonds is 5. The van der Waals surface area contributed by atoms with E-state index in [-0.39, 0.29) is 6.04 Å². The molecule has 1 N–H and O–H groups in total. The molecule has 0 radical (unpaired) electrons. The quantitative estimate of drug-likeness (QED) is 0.918. The van der Waals surface area contributed by atoms with E-state index in [0.717, 1.165) is 17.8 Å². The maximum Gasteiger partial charge on any atom is 0.0795 e. The van der Waals surface area contributed by atoms with Crippen molar-refractivity contribution in [2.24, 2.45) is 0 Å². The third-order valence-electron chi connectivity index (χ3n) is 4.18. The van der Waals surface area contributed by atoms with Crippen molar-refractivity contribution in [1.82, 2.24) is 20.1 Å². The maximum atomic E-state index is 4.78. The van der Waals surface area contributed by atoms with Gasteiger partial charge in [0.15, 0.2) is 0 Å². The van der Waals surface area contributed by atoms with Crippen LogP contribution in [-0.4, -0.2) is 21.8 Å².